The molecule has 4 rings (SSSR count). The van der Waals surface area contributed by atoms with E-state index in [2.05, 4.69) is 19.2 Å². The quantitative estimate of drug-likeness (QED) is 0.398. The zero-order chi connectivity index (χ0) is 23.5. The molecule has 0 unspecified atom stereocenters. The number of nitrogens with zero attached hydrogens (tertiary/aromatic N) is 3. The zero-order valence-corrected chi connectivity index (χ0v) is 20.5. The van der Waals surface area contributed by atoms with Crippen LogP contribution in [-0.4, -0.2) is 37.6 Å². The summed E-state index contributed by atoms with van der Waals surface area (Å²) in [4.78, 5) is 33.3. The molecule has 0 atom stereocenters. The number of aromatic nitrogens is 2. The van der Waals surface area contributed by atoms with Crippen LogP contribution in [0.3, 0.4) is 0 Å². The van der Waals surface area contributed by atoms with E-state index in [9.17, 15) is 9.59 Å². The highest BCUT2D eigenvalue weighted by molar-refractivity contribution is 8.26. The number of aryl methyl sites for hydroxylation is 1. The molecule has 1 aliphatic heterocycles. The molecule has 3 aromatic rings. The molecule has 0 saturated carbocycles. The summed E-state index contributed by atoms with van der Waals surface area (Å²) in [5, 5.41) is 3.29. The SMILES string of the molecule is Cc1cccn2c(=O)c(C=C3SC(=S)N(CCc4ccccc4)C3=O)c(NCC(C)C)nc12. The maximum atomic E-state index is 13.4. The lowest BCUT2D eigenvalue weighted by Crippen LogP contribution is -2.30. The van der Waals surface area contributed by atoms with Gasteiger partial charge >= 0.3 is 0 Å². The predicted octanol–water partition coefficient (Wildman–Crippen LogP) is 4.51. The van der Waals surface area contributed by atoms with Crippen LogP contribution in [0.5, 0.6) is 0 Å². The Morgan fingerprint density at radius 2 is 1.91 bits per heavy atom. The van der Waals surface area contributed by atoms with Crippen LogP contribution in [-0.2, 0) is 11.2 Å². The van der Waals surface area contributed by atoms with Gasteiger partial charge in [-0.1, -0.05) is 74.2 Å². The van der Waals surface area contributed by atoms with Gasteiger partial charge in [0.25, 0.3) is 11.5 Å². The standard InChI is InChI=1S/C25H26N4O2S2/c1-16(2)15-26-21-19(23(30)28-12-7-8-17(3)22(28)27-21)14-20-24(31)29(25(32)33-20)13-11-18-9-5-4-6-10-18/h4-10,12,14,16,26H,11,13,15H2,1-3H3. The smallest absolute Gasteiger partial charge is 0.267 e. The third kappa shape index (κ3) is 5.02. The molecule has 1 N–H and O–H groups in total. The fourth-order valence-electron chi connectivity index (χ4n) is 3.59. The predicted molar refractivity (Wildman–Crippen MR) is 140 cm³/mol. The average Bonchev–Trinajstić information content (AvgIpc) is 3.06. The van der Waals surface area contributed by atoms with Gasteiger partial charge in [-0.25, -0.2) is 4.98 Å². The fourth-order valence-corrected chi connectivity index (χ4v) is 4.88. The number of thiocarbonyl (C=S) groups is 1. The van der Waals surface area contributed by atoms with E-state index in [0.717, 1.165) is 11.1 Å². The van der Waals surface area contributed by atoms with E-state index in [0.29, 0.717) is 51.7 Å². The summed E-state index contributed by atoms with van der Waals surface area (Å²) in [5.41, 5.74) is 2.79. The third-order valence-electron chi connectivity index (χ3n) is 5.38. The van der Waals surface area contributed by atoms with Gasteiger partial charge in [-0.05, 0) is 42.5 Å². The van der Waals surface area contributed by atoms with Gasteiger partial charge in [0.15, 0.2) is 0 Å². The Bertz CT molecular complexity index is 1300. The second kappa shape index (κ2) is 9.89. The molecule has 1 fully saturated rings. The maximum absolute atomic E-state index is 13.4. The fraction of sp³-hybridized carbons (Fsp3) is 0.280. The Kier molecular flexibility index (Phi) is 6.95. The van der Waals surface area contributed by atoms with Crippen molar-refractivity contribution in [1.29, 1.82) is 0 Å². The maximum Gasteiger partial charge on any atom is 0.267 e. The first-order valence-corrected chi connectivity index (χ1v) is 12.1. The van der Waals surface area contributed by atoms with Crippen molar-refractivity contribution in [3.8, 4) is 0 Å². The monoisotopic (exact) mass is 478 g/mol. The van der Waals surface area contributed by atoms with E-state index >= 15 is 0 Å². The Labute approximate surface area is 202 Å². The van der Waals surface area contributed by atoms with E-state index in [1.807, 2.05) is 49.4 Å². The van der Waals surface area contributed by atoms with Crippen LogP contribution < -0.4 is 10.9 Å². The molecule has 170 valence electrons. The molecule has 1 saturated heterocycles. The minimum absolute atomic E-state index is 0.176. The second-order valence-corrected chi connectivity index (χ2v) is 10.1. The second-order valence-electron chi connectivity index (χ2n) is 8.41. The molecular formula is C25H26N4O2S2. The topological polar surface area (TPSA) is 66.7 Å². The minimum atomic E-state index is -0.218. The number of rotatable bonds is 7. The van der Waals surface area contributed by atoms with Gasteiger partial charge in [-0.2, -0.15) is 0 Å². The highest BCUT2D eigenvalue weighted by atomic mass is 32.2. The highest BCUT2D eigenvalue weighted by Gasteiger charge is 2.32. The van der Waals surface area contributed by atoms with Crippen LogP contribution in [0.25, 0.3) is 11.7 Å². The Hall–Kier alpha value is -2.97. The molecule has 3 heterocycles. The summed E-state index contributed by atoms with van der Waals surface area (Å²) in [5.74, 6) is 0.674. The molecule has 0 radical (unpaired) electrons. The van der Waals surface area contributed by atoms with Gasteiger partial charge in [0, 0.05) is 19.3 Å². The summed E-state index contributed by atoms with van der Waals surface area (Å²) in [6.07, 6.45) is 4.04. The molecule has 1 aliphatic rings. The molecule has 1 amide bonds. The minimum Gasteiger partial charge on any atom is -0.369 e. The molecule has 0 spiro atoms. The van der Waals surface area contributed by atoms with E-state index in [-0.39, 0.29) is 11.5 Å². The largest absolute Gasteiger partial charge is 0.369 e. The lowest BCUT2D eigenvalue weighted by Gasteiger charge is -2.14. The third-order valence-corrected chi connectivity index (χ3v) is 6.76. The molecular weight excluding hydrogens is 452 g/mol. The van der Waals surface area contributed by atoms with Gasteiger partial charge < -0.3 is 5.32 Å². The van der Waals surface area contributed by atoms with Gasteiger partial charge in [-0.15, -0.1) is 0 Å². The number of thioether (sulfide) groups is 1. The number of amides is 1. The number of fused-ring (bicyclic) bond motifs is 1. The summed E-state index contributed by atoms with van der Waals surface area (Å²) in [6.45, 7) is 7.25. The Morgan fingerprint density at radius 1 is 1.15 bits per heavy atom. The van der Waals surface area contributed by atoms with E-state index < -0.39 is 0 Å². The van der Waals surface area contributed by atoms with Crippen molar-refractivity contribution < 1.29 is 4.79 Å². The van der Waals surface area contributed by atoms with Crippen LogP contribution in [0.15, 0.2) is 58.4 Å². The van der Waals surface area contributed by atoms with Crippen LogP contribution in [0.1, 0.15) is 30.5 Å². The first-order chi connectivity index (χ1) is 15.8. The van der Waals surface area contributed by atoms with Crippen LogP contribution in [0, 0.1) is 12.8 Å². The molecule has 1 aromatic carbocycles. The Balaban J connectivity index is 1.69. The highest BCUT2D eigenvalue weighted by Crippen LogP contribution is 2.33. The van der Waals surface area contributed by atoms with Gasteiger partial charge in [0.2, 0.25) is 0 Å². The number of carbonyl (C=O) groups excluding carboxylic acids is 1. The summed E-state index contributed by atoms with van der Waals surface area (Å²) < 4.78 is 2.03. The van der Waals surface area contributed by atoms with Gasteiger partial charge in [0.05, 0.1) is 10.5 Å². The number of pyridine rings is 1. The summed E-state index contributed by atoms with van der Waals surface area (Å²) in [7, 11) is 0. The first kappa shape index (κ1) is 23.2. The van der Waals surface area contributed by atoms with E-state index in [1.165, 1.54) is 16.2 Å². The van der Waals surface area contributed by atoms with Crippen molar-refractivity contribution in [3.63, 3.8) is 0 Å². The average molecular weight is 479 g/mol. The lowest BCUT2D eigenvalue weighted by molar-refractivity contribution is -0.122. The normalized spacial score (nSPS) is 15.3. The van der Waals surface area contributed by atoms with Crippen molar-refractivity contribution in [2.24, 2.45) is 5.92 Å². The number of hydrogen-bond acceptors (Lipinski definition) is 6. The van der Waals surface area contributed by atoms with Crippen molar-refractivity contribution in [1.82, 2.24) is 14.3 Å². The molecule has 2 aromatic heterocycles. The van der Waals surface area contributed by atoms with Gasteiger partial charge in [0.1, 0.15) is 15.8 Å². The van der Waals surface area contributed by atoms with Crippen LogP contribution >= 0.6 is 24.0 Å². The zero-order valence-electron chi connectivity index (χ0n) is 18.9. The van der Waals surface area contributed by atoms with Crippen molar-refractivity contribution in [2.45, 2.75) is 27.2 Å². The van der Waals surface area contributed by atoms with Crippen LogP contribution in [0.2, 0.25) is 0 Å². The number of hydrogen-bond donors (Lipinski definition) is 1. The lowest BCUT2D eigenvalue weighted by atomic mass is 10.1. The van der Waals surface area contributed by atoms with Gasteiger partial charge in [-0.3, -0.25) is 18.9 Å². The first-order valence-electron chi connectivity index (χ1n) is 10.9. The van der Waals surface area contributed by atoms with E-state index in [1.54, 1.807) is 17.2 Å². The van der Waals surface area contributed by atoms with Crippen molar-refractivity contribution >= 4 is 51.7 Å². The molecule has 33 heavy (non-hydrogen) atoms. The number of benzene rings is 1. The molecule has 6 nitrogen and oxygen atoms in total. The van der Waals surface area contributed by atoms with Crippen molar-refractivity contribution in [3.05, 3.63) is 80.6 Å². The molecule has 0 aliphatic carbocycles. The summed E-state index contributed by atoms with van der Waals surface area (Å²) >= 11 is 6.71. The Morgan fingerprint density at radius 3 is 2.64 bits per heavy atom. The summed E-state index contributed by atoms with van der Waals surface area (Å²) in [6, 6.07) is 13.7. The number of anilines is 1. The number of nitrogens with one attached hydrogen (secondary N) is 1. The molecule has 0 bridgehead atoms. The van der Waals surface area contributed by atoms with Crippen LogP contribution in [0.4, 0.5) is 5.82 Å². The van der Waals surface area contributed by atoms with Crippen molar-refractivity contribution in [2.75, 3.05) is 18.4 Å². The number of carbonyl (C=O) groups is 1. The van der Waals surface area contributed by atoms with E-state index in [4.69, 9.17) is 17.2 Å². The molecule has 8 heteroatoms.